The largest absolute Gasteiger partial charge is 0.369 e. The lowest BCUT2D eigenvalue weighted by atomic mass is 9.84. The van der Waals surface area contributed by atoms with Gasteiger partial charge in [0.05, 0.1) is 13.1 Å². The highest BCUT2D eigenvalue weighted by Gasteiger charge is 2.22. The average Bonchev–Trinajstić information content (AvgIpc) is 2.45. The SMILES string of the molecule is CC(C)N(CC(N)=O)CC(=O)NCC(C)(C)c1ccccc1. The summed E-state index contributed by atoms with van der Waals surface area (Å²) >= 11 is 0. The molecule has 2 amide bonds. The fourth-order valence-electron chi connectivity index (χ4n) is 2.17. The van der Waals surface area contributed by atoms with E-state index in [0.29, 0.717) is 6.54 Å². The molecule has 5 heteroatoms. The summed E-state index contributed by atoms with van der Waals surface area (Å²) in [6.45, 7) is 8.85. The summed E-state index contributed by atoms with van der Waals surface area (Å²) in [7, 11) is 0. The number of hydrogen-bond acceptors (Lipinski definition) is 3. The highest BCUT2D eigenvalue weighted by Crippen LogP contribution is 2.21. The molecule has 0 aliphatic carbocycles. The van der Waals surface area contributed by atoms with Crippen LogP contribution in [-0.2, 0) is 15.0 Å². The van der Waals surface area contributed by atoms with Gasteiger partial charge in [0.25, 0.3) is 0 Å². The van der Waals surface area contributed by atoms with Gasteiger partial charge < -0.3 is 11.1 Å². The molecule has 0 radical (unpaired) electrons. The van der Waals surface area contributed by atoms with Crippen LogP contribution in [0.5, 0.6) is 0 Å². The summed E-state index contributed by atoms with van der Waals surface area (Å²) < 4.78 is 0. The number of nitrogens with two attached hydrogens (primary N) is 1. The molecular formula is C17H27N3O2. The molecule has 0 fully saturated rings. The Morgan fingerprint density at radius 2 is 1.77 bits per heavy atom. The van der Waals surface area contributed by atoms with Gasteiger partial charge in [-0.15, -0.1) is 0 Å². The third kappa shape index (κ3) is 5.85. The molecule has 0 spiro atoms. The lowest BCUT2D eigenvalue weighted by Crippen LogP contribution is -2.46. The normalized spacial score (nSPS) is 11.7. The molecule has 1 aromatic carbocycles. The third-order valence-electron chi connectivity index (χ3n) is 3.72. The Hall–Kier alpha value is -1.88. The van der Waals surface area contributed by atoms with E-state index < -0.39 is 5.91 Å². The van der Waals surface area contributed by atoms with Gasteiger partial charge in [0.2, 0.25) is 11.8 Å². The number of amides is 2. The van der Waals surface area contributed by atoms with E-state index >= 15 is 0 Å². The topological polar surface area (TPSA) is 75.4 Å². The zero-order valence-electron chi connectivity index (χ0n) is 13.9. The molecule has 0 unspecified atom stereocenters. The number of primary amides is 1. The van der Waals surface area contributed by atoms with E-state index in [-0.39, 0.29) is 30.5 Å². The Morgan fingerprint density at radius 1 is 1.18 bits per heavy atom. The number of hydrogen-bond donors (Lipinski definition) is 2. The van der Waals surface area contributed by atoms with Gasteiger partial charge in [-0.1, -0.05) is 44.2 Å². The first-order valence-electron chi connectivity index (χ1n) is 7.57. The summed E-state index contributed by atoms with van der Waals surface area (Å²) in [5.74, 6) is -0.523. The number of carbonyl (C=O) groups excluding carboxylic acids is 2. The van der Waals surface area contributed by atoms with Crippen LogP contribution in [0, 0.1) is 0 Å². The van der Waals surface area contributed by atoms with Crippen molar-refractivity contribution in [3.63, 3.8) is 0 Å². The second-order valence-corrected chi connectivity index (χ2v) is 6.49. The summed E-state index contributed by atoms with van der Waals surface area (Å²) in [4.78, 5) is 24.9. The van der Waals surface area contributed by atoms with Crippen molar-refractivity contribution in [2.75, 3.05) is 19.6 Å². The summed E-state index contributed by atoms with van der Waals surface area (Å²) in [5.41, 5.74) is 6.24. The van der Waals surface area contributed by atoms with Crippen LogP contribution in [0.25, 0.3) is 0 Å². The molecule has 0 aliphatic heterocycles. The zero-order valence-corrected chi connectivity index (χ0v) is 13.9. The molecule has 3 N–H and O–H groups in total. The molecule has 0 aromatic heterocycles. The average molecular weight is 305 g/mol. The third-order valence-corrected chi connectivity index (χ3v) is 3.72. The maximum absolute atomic E-state index is 12.1. The molecular weight excluding hydrogens is 278 g/mol. The second-order valence-electron chi connectivity index (χ2n) is 6.49. The molecule has 0 atom stereocenters. The Morgan fingerprint density at radius 3 is 2.27 bits per heavy atom. The smallest absolute Gasteiger partial charge is 0.234 e. The number of rotatable bonds is 8. The van der Waals surface area contributed by atoms with E-state index in [4.69, 9.17) is 5.73 Å². The summed E-state index contributed by atoms with van der Waals surface area (Å²) in [6, 6.07) is 10.2. The fraction of sp³-hybridized carbons (Fsp3) is 0.529. The minimum atomic E-state index is -0.425. The quantitative estimate of drug-likeness (QED) is 0.759. The van der Waals surface area contributed by atoms with Gasteiger partial charge in [0.15, 0.2) is 0 Å². The van der Waals surface area contributed by atoms with Crippen LogP contribution >= 0.6 is 0 Å². The van der Waals surface area contributed by atoms with Crippen LogP contribution in [0.2, 0.25) is 0 Å². The minimum absolute atomic E-state index is 0.0837. The van der Waals surface area contributed by atoms with Gasteiger partial charge >= 0.3 is 0 Å². The molecule has 22 heavy (non-hydrogen) atoms. The zero-order chi connectivity index (χ0) is 16.8. The molecule has 0 heterocycles. The van der Waals surface area contributed by atoms with Crippen LogP contribution in [0.15, 0.2) is 30.3 Å². The monoisotopic (exact) mass is 305 g/mol. The molecule has 1 rings (SSSR count). The van der Waals surface area contributed by atoms with Crippen LogP contribution < -0.4 is 11.1 Å². The van der Waals surface area contributed by atoms with Gasteiger partial charge in [-0.3, -0.25) is 14.5 Å². The van der Waals surface area contributed by atoms with Crippen LogP contribution in [0.4, 0.5) is 0 Å². The highest BCUT2D eigenvalue weighted by molar-refractivity contribution is 5.80. The number of nitrogens with zero attached hydrogens (tertiary/aromatic N) is 1. The van der Waals surface area contributed by atoms with E-state index in [0.717, 1.165) is 0 Å². The minimum Gasteiger partial charge on any atom is -0.369 e. The van der Waals surface area contributed by atoms with E-state index in [1.807, 2.05) is 32.0 Å². The van der Waals surface area contributed by atoms with Crippen molar-refractivity contribution in [2.45, 2.75) is 39.2 Å². The first-order valence-corrected chi connectivity index (χ1v) is 7.57. The summed E-state index contributed by atoms with van der Waals surface area (Å²) in [6.07, 6.45) is 0. The lowest BCUT2D eigenvalue weighted by Gasteiger charge is -2.28. The predicted octanol–water partition coefficient (Wildman–Crippen LogP) is 1.28. The summed E-state index contributed by atoms with van der Waals surface area (Å²) in [5, 5.41) is 2.95. The molecule has 0 bridgehead atoms. The molecule has 0 saturated heterocycles. The van der Waals surface area contributed by atoms with Crippen molar-refractivity contribution in [3.8, 4) is 0 Å². The van der Waals surface area contributed by atoms with Crippen LogP contribution in [-0.4, -0.2) is 42.4 Å². The van der Waals surface area contributed by atoms with Crippen molar-refractivity contribution in [2.24, 2.45) is 5.73 Å². The number of nitrogens with one attached hydrogen (secondary N) is 1. The molecule has 0 aliphatic rings. The Bertz CT molecular complexity index is 498. The maximum atomic E-state index is 12.1. The van der Waals surface area contributed by atoms with Crippen molar-refractivity contribution < 1.29 is 9.59 Å². The highest BCUT2D eigenvalue weighted by atomic mass is 16.2. The molecule has 122 valence electrons. The van der Waals surface area contributed by atoms with Gasteiger partial charge in [0, 0.05) is 18.0 Å². The Kier molecular flexibility index (Phi) is 6.56. The van der Waals surface area contributed by atoms with Crippen molar-refractivity contribution >= 4 is 11.8 Å². The fourth-order valence-corrected chi connectivity index (χ4v) is 2.17. The molecule has 1 aromatic rings. The van der Waals surface area contributed by atoms with Crippen molar-refractivity contribution in [1.29, 1.82) is 0 Å². The first-order chi connectivity index (χ1) is 10.2. The van der Waals surface area contributed by atoms with E-state index in [9.17, 15) is 9.59 Å². The Balaban J connectivity index is 2.56. The van der Waals surface area contributed by atoms with Gasteiger partial charge in [0.1, 0.15) is 0 Å². The standard InChI is InChI=1S/C17H27N3O2/c1-13(2)20(10-15(18)21)11-16(22)19-12-17(3,4)14-8-6-5-7-9-14/h5-9,13H,10-12H2,1-4H3,(H2,18,21)(H,19,22). The second kappa shape index (κ2) is 7.94. The van der Waals surface area contributed by atoms with Crippen LogP contribution in [0.3, 0.4) is 0 Å². The van der Waals surface area contributed by atoms with Crippen LogP contribution in [0.1, 0.15) is 33.3 Å². The predicted molar refractivity (Wildman–Crippen MR) is 88.4 cm³/mol. The van der Waals surface area contributed by atoms with E-state index in [1.165, 1.54) is 5.56 Å². The van der Waals surface area contributed by atoms with Crippen molar-refractivity contribution in [3.05, 3.63) is 35.9 Å². The first kappa shape index (κ1) is 18.2. The Labute approximate surface area is 132 Å². The molecule has 0 saturated carbocycles. The number of carbonyl (C=O) groups is 2. The van der Waals surface area contributed by atoms with E-state index in [1.54, 1.807) is 4.90 Å². The van der Waals surface area contributed by atoms with Gasteiger partial charge in [-0.25, -0.2) is 0 Å². The van der Waals surface area contributed by atoms with Gasteiger partial charge in [-0.2, -0.15) is 0 Å². The lowest BCUT2D eigenvalue weighted by molar-refractivity contribution is -0.124. The van der Waals surface area contributed by atoms with Crippen molar-refractivity contribution in [1.82, 2.24) is 10.2 Å². The van der Waals surface area contributed by atoms with E-state index in [2.05, 4.69) is 31.3 Å². The van der Waals surface area contributed by atoms with Gasteiger partial charge in [-0.05, 0) is 19.4 Å². The molecule has 5 nitrogen and oxygen atoms in total. The number of benzene rings is 1. The maximum Gasteiger partial charge on any atom is 0.234 e.